The molecule has 202 valence electrons. The molecule has 5 nitrogen and oxygen atoms in total. The Kier molecular flexibility index (Phi) is 5.66. The zero-order valence-corrected chi connectivity index (χ0v) is 23.5. The van der Waals surface area contributed by atoms with Gasteiger partial charge in [-0.2, -0.15) is 0 Å². The Morgan fingerprint density at radius 2 is 1.81 bits per heavy atom. The van der Waals surface area contributed by atoms with Crippen LogP contribution in [0.1, 0.15) is 93.4 Å². The highest BCUT2D eigenvalue weighted by molar-refractivity contribution is 5.89. The van der Waals surface area contributed by atoms with Crippen molar-refractivity contribution in [1.29, 1.82) is 0 Å². The molecule has 1 heterocycles. The first-order valence-electron chi connectivity index (χ1n) is 14.9. The maximum absolute atomic E-state index is 13.7. The van der Waals surface area contributed by atoms with E-state index in [9.17, 15) is 14.7 Å². The summed E-state index contributed by atoms with van der Waals surface area (Å²) in [6, 6.07) is 0. The van der Waals surface area contributed by atoms with Gasteiger partial charge >= 0.3 is 5.97 Å². The molecule has 1 spiro atoms. The van der Waals surface area contributed by atoms with Gasteiger partial charge in [-0.3, -0.25) is 9.59 Å². The number of aliphatic hydroxyl groups is 1. The molecule has 14 atom stereocenters. The van der Waals surface area contributed by atoms with Crippen molar-refractivity contribution in [3.63, 3.8) is 0 Å². The summed E-state index contributed by atoms with van der Waals surface area (Å²) in [7, 11) is 0. The van der Waals surface area contributed by atoms with E-state index in [4.69, 9.17) is 9.47 Å². The number of hydrogen-bond donors (Lipinski definition) is 1. The Labute approximate surface area is 217 Å². The number of aliphatic hydroxyl groups excluding tert-OH is 1. The van der Waals surface area contributed by atoms with Crippen molar-refractivity contribution in [1.82, 2.24) is 0 Å². The van der Waals surface area contributed by atoms with E-state index in [1.165, 1.54) is 26.2 Å². The fraction of sp³-hybridized carbons (Fsp3) is 0.935. The molecule has 0 aromatic rings. The fourth-order valence-corrected chi connectivity index (χ4v) is 11.0. The average Bonchev–Trinajstić information content (AvgIpc) is 3.67. The summed E-state index contributed by atoms with van der Waals surface area (Å²) in [5, 5.41) is 10.5. The quantitative estimate of drug-likeness (QED) is 0.403. The summed E-state index contributed by atoms with van der Waals surface area (Å²) in [4.78, 5) is 26.1. The molecular weight excluding hydrogens is 452 g/mol. The highest BCUT2D eigenvalue weighted by atomic mass is 16.6. The SMILES string of the molecule is CC(=O)OC1C[C@@]2(C)C(CC[C@@H]2C(C)[C@H]2C[C@@H]2C(C)C(C)C)[C@@H]2C[C@H]3O[C@]34C[C@@H](O)CC(=O)[C@]4(C)C12. The minimum Gasteiger partial charge on any atom is -0.462 e. The van der Waals surface area contributed by atoms with Crippen molar-refractivity contribution >= 4 is 11.8 Å². The van der Waals surface area contributed by atoms with Crippen LogP contribution < -0.4 is 0 Å². The van der Waals surface area contributed by atoms with Gasteiger partial charge in [0.15, 0.2) is 0 Å². The van der Waals surface area contributed by atoms with Crippen molar-refractivity contribution in [3.05, 3.63) is 0 Å². The van der Waals surface area contributed by atoms with Gasteiger partial charge in [0.05, 0.1) is 17.6 Å². The fourth-order valence-electron chi connectivity index (χ4n) is 11.0. The Morgan fingerprint density at radius 3 is 2.47 bits per heavy atom. The molecule has 5 heteroatoms. The normalized spacial score (nSPS) is 54.6. The van der Waals surface area contributed by atoms with Crippen LogP contribution in [-0.2, 0) is 19.1 Å². The van der Waals surface area contributed by atoms with Crippen LogP contribution in [-0.4, -0.2) is 40.8 Å². The topological polar surface area (TPSA) is 76.1 Å². The van der Waals surface area contributed by atoms with Crippen LogP contribution in [0, 0.1) is 64.1 Å². The van der Waals surface area contributed by atoms with Crippen LogP contribution in [0.5, 0.6) is 0 Å². The highest BCUT2D eigenvalue weighted by Crippen LogP contribution is 2.74. The molecular formula is C31H48O5. The van der Waals surface area contributed by atoms with E-state index < -0.39 is 17.1 Å². The Morgan fingerprint density at radius 1 is 1.08 bits per heavy atom. The molecule has 5 saturated carbocycles. The molecule has 0 aromatic heterocycles. The number of ketones is 1. The smallest absolute Gasteiger partial charge is 0.302 e. The number of rotatable bonds is 5. The van der Waals surface area contributed by atoms with E-state index in [0.717, 1.165) is 36.5 Å². The zero-order chi connectivity index (χ0) is 25.9. The number of Topliss-reactive ketones (excluding diaryl/α,β-unsaturated/α-hetero) is 1. The van der Waals surface area contributed by atoms with Gasteiger partial charge in [-0.05, 0) is 91.8 Å². The summed E-state index contributed by atoms with van der Waals surface area (Å²) in [5.74, 6) is 5.24. The lowest BCUT2D eigenvalue weighted by molar-refractivity contribution is -0.194. The predicted molar refractivity (Wildman–Crippen MR) is 137 cm³/mol. The van der Waals surface area contributed by atoms with Gasteiger partial charge in [0, 0.05) is 25.7 Å². The Balaban J connectivity index is 1.33. The van der Waals surface area contributed by atoms with Crippen molar-refractivity contribution in [2.75, 3.05) is 0 Å². The summed E-state index contributed by atoms with van der Waals surface area (Å²) >= 11 is 0. The van der Waals surface area contributed by atoms with Gasteiger partial charge in [-0.15, -0.1) is 0 Å². The number of epoxide rings is 1. The molecule has 1 N–H and O–H groups in total. The first-order chi connectivity index (χ1) is 16.8. The predicted octanol–water partition coefficient (Wildman–Crippen LogP) is 5.42. The number of hydrogen-bond acceptors (Lipinski definition) is 5. The van der Waals surface area contributed by atoms with Crippen LogP contribution in [0.2, 0.25) is 0 Å². The summed E-state index contributed by atoms with van der Waals surface area (Å²) in [6.07, 6.45) is 5.54. The maximum atomic E-state index is 13.7. The van der Waals surface area contributed by atoms with E-state index in [2.05, 4.69) is 41.5 Å². The monoisotopic (exact) mass is 500 g/mol. The van der Waals surface area contributed by atoms with E-state index in [0.29, 0.717) is 30.1 Å². The van der Waals surface area contributed by atoms with Crippen molar-refractivity contribution < 1.29 is 24.2 Å². The van der Waals surface area contributed by atoms with Gasteiger partial charge in [-0.25, -0.2) is 0 Å². The minimum atomic E-state index is -0.681. The first kappa shape index (κ1) is 25.3. The number of fused-ring (bicyclic) bond motifs is 4. The third-order valence-electron chi connectivity index (χ3n) is 13.1. The first-order valence-corrected chi connectivity index (χ1v) is 14.9. The molecule has 36 heavy (non-hydrogen) atoms. The second-order valence-corrected chi connectivity index (χ2v) is 14.8. The zero-order valence-electron chi connectivity index (χ0n) is 23.5. The molecule has 1 aliphatic heterocycles. The standard InChI is InChI=1S/C31H48O5/c1-15(2)16(3)20-11-21(20)17(4)23-8-9-24-22-12-27-31(36-27)13-19(33)10-26(34)30(31,7)28(22)25(35-18(5)32)14-29(23,24)6/h15-17,19-25,27-28,33H,8-14H2,1-7H3/t16?,17?,19-,20+,21+,22-,23+,24?,25?,27+,28?,29+,30+,31+/m0/s1. The van der Waals surface area contributed by atoms with E-state index in [1.54, 1.807) is 0 Å². The molecule has 6 aliphatic rings. The summed E-state index contributed by atoms with van der Waals surface area (Å²) in [6.45, 7) is 15.8. The lowest BCUT2D eigenvalue weighted by Crippen LogP contribution is -2.66. The molecule has 6 rings (SSSR count). The lowest BCUT2D eigenvalue weighted by atomic mass is 9.43. The van der Waals surface area contributed by atoms with Gasteiger partial charge < -0.3 is 14.6 Å². The average molecular weight is 501 g/mol. The van der Waals surface area contributed by atoms with Gasteiger partial charge in [-0.1, -0.05) is 34.6 Å². The number of carbonyl (C=O) groups is 2. The molecule has 5 unspecified atom stereocenters. The third-order valence-corrected chi connectivity index (χ3v) is 13.1. The van der Waals surface area contributed by atoms with Gasteiger partial charge in [0.25, 0.3) is 0 Å². The van der Waals surface area contributed by atoms with Crippen molar-refractivity contribution in [3.8, 4) is 0 Å². The summed E-state index contributed by atoms with van der Waals surface area (Å²) < 4.78 is 12.6. The number of esters is 1. The Hall–Kier alpha value is -0.940. The van der Waals surface area contributed by atoms with E-state index in [1.807, 2.05) is 0 Å². The molecule has 0 bridgehead atoms. The van der Waals surface area contributed by atoms with Crippen LogP contribution >= 0.6 is 0 Å². The third kappa shape index (κ3) is 3.26. The lowest BCUT2D eigenvalue weighted by Gasteiger charge is -2.60. The van der Waals surface area contributed by atoms with Crippen LogP contribution in [0.3, 0.4) is 0 Å². The number of ether oxygens (including phenoxy) is 2. The van der Waals surface area contributed by atoms with Gasteiger partial charge in [0.2, 0.25) is 0 Å². The van der Waals surface area contributed by atoms with E-state index >= 15 is 0 Å². The van der Waals surface area contributed by atoms with Crippen LogP contribution in [0.25, 0.3) is 0 Å². The maximum Gasteiger partial charge on any atom is 0.302 e. The van der Waals surface area contributed by atoms with Crippen molar-refractivity contribution in [2.45, 2.75) is 117 Å². The second kappa shape index (κ2) is 8.04. The van der Waals surface area contributed by atoms with Crippen LogP contribution in [0.4, 0.5) is 0 Å². The summed E-state index contributed by atoms with van der Waals surface area (Å²) in [5.41, 5.74) is -1.12. The molecule has 0 radical (unpaired) electrons. The molecule has 1 saturated heterocycles. The largest absolute Gasteiger partial charge is 0.462 e. The number of carbonyl (C=O) groups excluding carboxylic acids is 2. The van der Waals surface area contributed by atoms with E-state index in [-0.39, 0.29) is 41.7 Å². The molecule has 6 fully saturated rings. The van der Waals surface area contributed by atoms with Gasteiger partial charge in [0.1, 0.15) is 17.5 Å². The molecule has 0 amide bonds. The van der Waals surface area contributed by atoms with Crippen LogP contribution in [0.15, 0.2) is 0 Å². The highest BCUT2D eigenvalue weighted by Gasteiger charge is 2.80. The molecule has 0 aromatic carbocycles. The Bertz CT molecular complexity index is 945. The minimum absolute atomic E-state index is 0.0121. The molecule has 5 aliphatic carbocycles. The van der Waals surface area contributed by atoms with Crippen molar-refractivity contribution in [2.24, 2.45) is 64.1 Å². The second-order valence-electron chi connectivity index (χ2n) is 14.8.